The molecular formula is C9H9F3N2O2. The second-order valence-corrected chi connectivity index (χ2v) is 2.97. The van der Waals surface area contributed by atoms with Gasteiger partial charge < -0.3 is 4.74 Å². The number of rotatable bonds is 5. The van der Waals surface area contributed by atoms with E-state index in [9.17, 15) is 18.0 Å². The molecule has 0 bridgehead atoms. The van der Waals surface area contributed by atoms with Gasteiger partial charge in [0.05, 0.1) is 12.2 Å². The molecule has 0 aromatic carbocycles. The topological polar surface area (TPSA) is 52.1 Å². The molecule has 88 valence electrons. The van der Waals surface area contributed by atoms with Gasteiger partial charge in [-0.2, -0.15) is 13.2 Å². The summed E-state index contributed by atoms with van der Waals surface area (Å²) in [5, 5.41) is 0. The molecule has 4 nitrogen and oxygen atoms in total. The van der Waals surface area contributed by atoms with Crippen LogP contribution in [0.15, 0.2) is 18.7 Å². The van der Waals surface area contributed by atoms with E-state index < -0.39 is 12.8 Å². The second-order valence-electron chi connectivity index (χ2n) is 2.97. The molecule has 0 atom stereocenters. The van der Waals surface area contributed by atoms with Crippen molar-refractivity contribution in [2.75, 3.05) is 13.2 Å². The average Bonchev–Trinajstić information content (AvgIpc) is 2.24. The van der Waals surface area contributed by atoms with Crippen LogP contribution in [0, 0.1) is 0 Å². The Balaban J connectivity index is 2.27. The van der Waals surface area contributed by atoms with E-state index in [2.05, 4.69) is 14.7 Å². The maximum Gasteiger partial charge on any atom is 0.411 e. The number of carbonyl (C=O) groups excluding carboxylic acids is 1. The van der Waals surface area contributed by atoms with Crippen molar-refractivity contribution >= 4 is 5.78 Å². The highest BCUT2D eigenvalue weighted by Gasteiger charge is 2.27. The normalized spacial score (nSPS) is 11.4. The SMILES string of the molecule is O=C(CCOCC(F)(F)F)c1cncnc1. The minimum Gasteiger partial charge on any atom is -0.372 e. The number of nitrogens with zero attached hydrogens (tertiary/aromatic N) is 2. The summed E-state index contributed by atoms with van der Waals surface area (Å²) in [5.74, 6) is -0.345. The standard InChI is InChI=1S/C9H9F3N2O2/c10-9(11,12)5-16-2-1-8(15)7-3-13-6-14-4-7/h3-4,6H,1-2,5H2. The number of ether oxygens (including phenoxy) is 1. The summed E-state index contributed by atoms with van der Waals surface area (Å²) in [6.45, 7) is -1.61. The maximum atomic E-state index is 11.7. The molecule has 0 aliphatic heterocycles. The third-order valence-corrected chi connectivity index (χ3v) is 1.62. The van der Waals surface area contributed by atoms with E-state index in [0.29, 0.717) is 0 Å². The number of alkyl halides is 3. The molecule has 1 aromatic rings. The first-order valence-corrected chi connectivity index (χ1v) is 4.42. The number of Topliss-reactive ketones (excluding diaryl/α,β-unsaturated/α-hetero) is 1. The second kappa shape index (κ2) is 5.55. The van der Waals surface area contributed by atoms with Gasteiger partial charge in [0.2, 0.25) is 0 Å². The lowest BCUT2D eigenvalue weighted by molar-refractivity contribution is -0.173. The Labute approximate surface area is 89.5 Å². The number of ketones is 1. The van der Waals surface area contributed by atoms with Crippen LogP contribution in [0.4, 0.5) is 13.2 Å². The lowest BCUT2D eigenvalue weighted by atomic mass is 10.2. The highest BCUT2D eigenvalue weighted by Crippen LogP contribution is 2.14. The van der Waals surface area contributed by atoms with Crippen LogP contribution in [0.2, 0.25) is 0 Å². The fraction of sp³-hybridized carbons (Fsp3) is 0.444. The van der Waals surface area contributed by atoms with Gasteiger partial charge >= 0.3 is 6.18 Å². The molecule has 7 heteroatoms. The van der Waals surface area contributed by atoms with Gasteiger partial charge in [-0.25, -0.2) is 9.97 Å². The molecule has 1 rings (SSSR count). The zero-order chi connectivity index (χ0) is 12.0. The lowest BCUT2D eigenvalue weighted by Crippen LogP contribution is -2.18. The summed E-state index contributed by atoms with van der Waals surface area (Å²) in [5.41, 5.74) is 0.262. The molecule has 0 radical (unpaired) electrons. The van der Waals surface area contributed by atoms with Gasteiger partial charge in [0, 0.05) is 18.8 Å². The van der Waals surface area contributed by atoms with Gasteiger partial charge in [-0.3, -0.25) is 4.79 Å². The van der Waals surface area contributed by atoms with E-state index >= 15 is 0 Å². The summed E-state index contributed by atoms with van der Waals surface area (Å²) in [7, 11) is 0. The zero-order valence-corrected chi connectivity index (χ0v) is 8.20. The number of halogens is 3. The molecule has 1 heterocycles. The van der Waals surface area contributed by atoms with Crippen LogP contribution in [0.5, 0.6) is 0 Å². The van der Waals surface area contributed by atoms with E-state index in [1.54, 1.807) is 0 Å². The molecule has 0 spiro atoms. The highest BCUT2D eigenvalue weighted by atomic mass is 19.4. The predicted octanol–water partition coefficient (Wildman–Crippen LogP) is 1.63. The van der Waals surface area contributed by atoms with Crippen molar-refractivity contribution in [2.45, 2.75) is 12.6 Å². The van der Waals surface area contributed by atoms with Crippen molar-refractivity contribution in [1.29, 1.82) is 0 Å². The Bertz CT molecular complexity index is 340. The monoisotopic (exact) mass is 234 g/mol. The Hall–Kier alpha value is -1.50. The Morgan fingerprint density at radius 1 is 1.31 bits per heavy atom. The van der Waals surface area contributed by atoms with Crippen LogP contribution in [-0.2, 0) is 4.74 Å². The van der Waals surface area contributed by atoms with Crippen molar-refractivity contribution < 1.29 is 22.7 Å². The first kappa shape index (κ1) is 12.6. The molecule has 0 unspecified atom stereocenters. The van der Waals surface area contributed by atoms with Gasteiger partial charge in [0.1, 0.15) is 12.9 Å². The summed E-state index contributed by atoms with van der Waals surface area (Å²) in [6, 6.07) is 0. The molecule has 0 saturated carbocycles. The molecular weight excluding hydrogens is 225 g/mol. The van der Waals surface area contributed by atoms with Gasteiger partial charge in [-0.1, -0.05) is 0 Å². The summed E-state index contributed by atoms with van der Waals surface area (Å²) in [6.07, 6.45) is -0.614. The van der Waals surface area contributed by atoms with Crippen LogP contribution < -0.4 is 0 Å². The van der Waals surface area contributed by atoms with Crippen LogP contribution >= 0.6 is 0 Å². The fourth-order valence-corrected chi connectivity index (χ4v) is 0.940. The van der Waals surface area contributed by atoms with Gasteiger partial charge in [0.15, 0.2) is 5.78 Å². The summed E-state index contributed by atoms with van der Waals surface area (Å²) < 4.78 is 39.3. The summed E-state index contributed by atoms with van der Waals surface area (Å²) >= 11 is 0. The number of hydrogen-bond donors (Lipinski definition) is 0. The van der Waals surface area contributed by atoms with Gasteiger partial charge in [0.25, 0.3) is 0 Å². The van der Waals surface area contributed by atoms with Crippen molar-refractivity contribution in [1.82, 2.24) is 9.97 Å². The number of carbonyl (C=O) groups is 1. The Morgan fingerprint density at radius 2 is 1.94 bits per heavy atom. The van der Waals surface area contributed by atoms with Crippen molar-refractivity contribution in [3.63, 3.8) is 0 Å². The van der Waals surface area contributed by atoms with E-state index in [1.807, 2.05) is 0 Å². The Kier molecular flexibility index (Phi) is 4.36. The lowest BCUT2D eigenvalue weighted by Gasteiger charge is -2.06. The molecule has 16 heavy (non-hydrogen) atoms. The number of aromatic nitrogens is 2. The quantitative estimate of drug-likeness (QED) is 0.574. The average molecular weight is 234 g/mol. The maximum absolute atomic E-state index is 11.7. The van der Waals surface area contributed by atoms with E-state index in [4.69, 9.17) is 0 Å². The van der Waals surface area contributed by atoms with E-state index in [-0.39, 0.29) is 24.4 Å². The van der Waals surface area contributed by atoms with E-state index in [1.165, 1.54) is 18.7 Å². The third kappa shape index (κ3) is 4.83. The first-order chi connectivity index (χ1) is 7.49. The van der Waals surface area contributed by atoms with Crippen molar-refractivity contribution in [3.8, 4) is 0 Å². The third-order valence-electron chi connectivity index (χ3n) is 1.62. The van der Waals surface area contributed by atoms with E-state index in [0.717, 1.165) is 0 Å². The minimum atomic E-state index is -4.36. The van der Waals surface area contributed by atoms with Crippen molar-refractivity contribution in [3.05, 3.63) is 24.3 Å². The van der Waals surface area contributed by atoms with Crippen LogP contribution in [-0.4, -0.2) is 35.1 Å². The largest absolute Gasteiger partial charge is 0.411 e. The van der Waals surface area contributed by atoms with Gasteiger partial charge in [-0.15, -0.1) is 0 Å². The molecule has 0 saturated heterocycles. The summed E-state index contributed by atoms with van der Waals surface area (Å²) in [4.78, 5) is 18.6. The molecule has 0 fully saturated rings. The zero-order valence-electron chi connectivity index (χ0n) is 8.20. The van der Waals surface area contributed by atoms with Gasteiger partial charge in [-0.05, 0) is 0 Å². The Morgan fingerprint density at radius 3 is 2.50 bits per heavy atom. The molecule has 1 aromatic heterocycles. The molecule has 0 amide bonds. The van der Waals surface area contributed by atoms with Crippen LogP contribution in [0.3, 0.4) is 0 Å². The molecule has 0 aliphatic carbocycles. The smallest absolute Gasteiger partial charge is 0.372 e. The van der Waals surface area contributed by atoms with Crippen molar-refractivity contribution in [2.24, 2.45) is 0 Å². The minimum absolute atomic E-state index is 0.122. The van der Waals surface area contributed by atoms with Crippen LogP contribution in [0.1, 0.15) is 16.8 Å². The molecule has 0 N–H and O–H groups in total. The molecule has 0 aliphatic rings. The van der Waals surface area contributed by atoms with Crippen LogP contribution in [0.25, 0.3) is 0 Å². The predicted molar refractivity (Wildman–Crippen MR) is 47.9 cm³/mol. The number of hydrogen-bond acceptors (Lipinski definition) is 4. The first-order valence-electron chi connectivity index (χ1n) is 4.42. The fourth-order valence-electron chi connectivity index (χ4n) is 0.940. The highest BCUT2D eigenvalue weighted by molar-refractivity contribution is 5.95.